The van der Waals surface area contributed by atoms with Crippen molar-refractivity contribution in [2.75, 3.05) is 7.05 Å². The zero-order valence-electron chi connectivity index (χ0n) is 9.94. The topological polar surface area (TPSA) is 58.2 Å². The molecule has 4 nitrogen and oxygen atoms in total. The lowest BCUT2D eigenvalue weighted by Crippen LogP contribution is -2.42. The summed E-state index contributed by atoms with van der Waals surface area (Å²) in [5.74, 6) is -0.503. The van der Waals surface area contributed by atoms with E-state index in [4.69, 9.17) is 0 Å². The SMILES string of the molecule is CNC(=O)C(C)NC(=O)/C=C/c1ccccc1. The summed E-state index contributed by atoms with van der Waals surface area (Å²) in [7, 11) is 1.53. The predicted octanol–water partition coefficient (Wildman–Crippen LogP) is 0.950. The van der Waals surface area contributed by atoms with Crippen LogP contribution in [-0.2, 0) is 9.59 Å². The van der Waals surface area contributed by atoms with E-state index in [1.807, 2.05) is 30.3 Å². The Morgan fingerprint density at radius 3 is 2.47 bits per heavy atom. The Kier molecular flexibility index (Phi) is 4.94. The fraction of sp³-hybridized carbons (Fsp3) is 0.231. The Balaban J connectivity index is 2.50. The molecule has 0 fully saturated rings. The van der Waals surface area contributed by atoms with Gasteiger partial charge in [-0.1, -0.05) is 30.3 Å². The number of amides is 2. The zero-order valence-corrected chi connectivity index (χ0v) is 9.94. The second-order valence-electron chi connectivity index (χ2n) is 3.59. The Morgan fingerprint density at radius 2 is 1.88 bits per heavy atom. The van der Waals surface area contributed by atoms with E-state index in [9.17, 15) is 9.59 Å². The van der Waals surface area contributed by atoms with Gasteiger partial charge in [0.05, 0.1) is 0 Å². The van der Waals surface area contributed by atoms with Gasteiger partial charge in [0.2, 0.25) is 11.8 Å². The molecule has 1 atom stereocenters. The van der Waals surface area contributed by atoms with E-state index in [1.165, 1.54) is 13.1 Å². The molecule has 0 bridgehead atoms. The van der Waals surface area contributed by atoms with Crippen molar-refractivity contribution in [3.8, 4) is 0 Å². The van der Waals surface area contributed by atoms with E-state index in [-0.39, 0.29) is 11.8 Å². The number of benzene rings is 1. The van der Waals surface area contributed by atoms with E-state index in [2.05, 4.69) is 10.6 Å². The lowest BCUT2D eigenvalue weighted by Gasteiger charge is -2.09. The van der Waals surface area contributed by atoms with Crippen LogP contribution in [0.2, 0.25) is 0 Å². The van der Waals surface area contributed by atoms with Gasteiger partial charge in [0.15, 0.2) is 0 Å². The molecule has 0 aromatic heterocycles. The van der Waals surface area contributed by atoms with Crippen LogP contribution >= 0.6 is 0 Å². The normalized spacial score (nSPS) is 12.1. The van der Waals surface area contributed by atoms with E-state index in [1.54, 1.807) is 13.0 Å². The van der Waals surface area contributed by atoms with Crippen LogP contribution in [-0.4, -0.2) is 24.9 Å². The first kappa shape index (κ1) is 13.0. The molecule has 0 saturated heterocycles. The van der Waals surface area contributed by atoms with Crippen LogP contribution in [0.4, 0.5) is 0 Å². The summed E-state index contributed by atoms with van der Waals surface area (Å²) >= 11 is 0. The molecule has 0 heterocycles. The monoisotopic (exact) mass is 232 g/mol. The Hall–Kier alpha value is -2.10. The molecule has 0 radical (unpaired) electrons. The highest BCUT2D eigenvalue weighted by Gasteiger charge is 2.11. The molecule has 17 heavy (non-hydrogen) atoms. The van der Waals surface area contributed by atoms with Crippen LogP contribution in [0.25, 0.3) is 6.08 Å². The molecule has 1 aromatic rings. The van der Waals surface area contributed by atoms with Gasteiger partial charge < -0.3 is 10.6 Å². The minimum Gasteiger partial charge on any atom is -0.357 e. The summed E-state index contributed by atoms with van der Waals surface area (Å²) < 4.78 is 0. The molecule has 0 aliphatic rings. The molecule has 0 aliphatic heterocycles. The van der Waals surface area contributed by atoms with Gasteiger partial charge in [0.25, 0.3) is 0 Å². The number of carbonyl (C=O) groups is 2. The Morgan fingerprint density at radius 1 is 1.24 bits per heavy atom. The van der Waals surface area contributed by atoms with E-state index < -0.39 is 6.04 Å². The van der Waals surface area contributed by atoms with Gasteiger partial charge in [-0.15, -0.1) is 0 Å². The summed E-state index contributed by atoms with van der Waals surface area (Å²) in [6, 6.07) is 8.95. The van der Waals surface area contributed by atoms with Crippen molar-refractivity contribution in [3.05, 3.63) is 42.0 Å². The standard InChI is InChI=1S/C13H16N2O2/c1-10(13(17)14-2)15-12(16)9-8-11-6-4-3-5-7-11/h3-10H,1-2H3,(H,14,17)(H,15,16)/b9-8+. The van der Waals surface area contributed by atoms with Gasteiger partial charge in [-0.05, 0) is 18.6 Å². The maximum absolute atomic E-state index is 11.5. The van der Waals surface area contributed by atoms with E-state index in [0.29, 0.717) is 0 Å². The highest BCUT2D eigenvalue weighted by Crippen LogP contribution is 2.00. The van der Waals surface area contributed by atoms with Crippen LogP contribution in [0.1, 0.15) is 12.5 Å². The molecule has 2 N–H and O–H groups in total. The summed E-state index contributed by atoms with van der Waals surface area (Å²) in [6.45, 7) is 1.63. The number of rotatable bonds is 4. The Labute approximate surface area is 101 Å². The quantitative estimate of drug-likeness (QED) is 0.759. The molecule has 1 rings (SSSR count). The molecule has 2 amide bonds. The minimum atomic E-state index is -0.534. The van der Waals surface area contributed by atoms with Crippen molar-refractivity contribution in [3.63, 3.8) is 0 Å². The molecule has 4 heteroatoms. The van der Waals surface area contributed by atoms with Gasteiger partial charge in [-0.3, -0.25) is 9.59 Å². The van der Waals surface area contributed by atoms with Gasteiger partial charge in [-0.25, -0.2) is 0 Å². The fourth-order valence-corrected chi connectivity index (χ4v) is 1.28. The third kappa shape index (κ3) is 4.51. The fourth-order valence-electron chi connectivity index (χ4n) is 1.28. The summed E-state index contributed by atoms with van der Waals surface area (Å²) in [5, 5.41) is 5.03. The highest BCUT2D eigenvalue weighted by molar-refractivity contribution is 5.95. The first-order valence-corrected chi connectivity index (χ1v) is 5.38. The van der Waals surface area contributed by atoms with Crippen molar-refractivity contribution >= 4 is 17.9 Å². The minimum absolute atomic E-state index is 0.216. The van der Waals surface area contributed by atoms with E-state index in [0.717, 1.165) is 5.56 Å². The lowest BCUT2D eigenvalue weighted by atomic mass is 10.2. The van der Waals surface area contributed by atoms with Crippen molar-refractivity contribution in [2.45, 2.75) is 13.0 Å². The van der Waals surface area contributed by atoms with Crippen molar-refractivity contribution in [2.24, 2.45) is 0 Å². The first-order valence-electron chi connectivity index (χ1n) is 5.38. The Bertz CT molecular complexity index is 413. The van der Waals surface area contributed by atoms with Gasteiger partial charge >= 0.3 is 0 Å². The second-order valence-corrected chi connectivity index (χ2v) is 3.59. The largest absolute Gasteiger partial charge is 0.357 e. The van der Waals surface area contributed by atoms with Crippen molar-refractivity contribution in [1.82, 2.24) is 10.6 Å². The average Bonchev–Trinajstić information content (AvgIpc) is 2.36. The second kappa shape index (κ2) is 6.48. The van der Waals surface area contributed by atoms with Crippen LogP contribution in [0, 0.1) is 0 Å². The number of hydrogen-bond donors (Lipinski definition) is 2. The van der Waals surface area contributed by atoms with Crippen LogP contribution in [0.15, 0.2) is 36.4 Å². The number of nitrogens with one attached hydrogen (secondary N) is 2. The lowest BCUT2D eigenvalue weighted by molar-refractivity contribution is -0.126. The average molecular weight is 232 g/mol. The molecule has 0 aliphatic carbocycles. The highest BCUT2D eigenvalue weighted by atomic mass is 16.2. The van der Waals surface area contributed by atoms with Crippen LogP contribution in [0.3, 0.4) is 0 Å². The number of carbonyl (C=O) groups excluding carboxylic acids is 2. The summed E-state index contributed by atoms with van der Waals surface area (Å²) in [4.78, 5) is 22.6. The molecular formula is C13H16N2O2. The molecule has 1 aromatic carbocycles. The molecular weight excluding hydrogens is 216 g/mol. The predicted molar refractivity (Wildman–Crippen MR) is 67.1 cm³/mol. The molecule has 0 saturated carbocycles. The third-order valence-electron chi connectivity index (χ3n) is 2.23. The number of hydrogen-bond acceptors (Lipinski definition) is 2. The zero-order chi connectivity index (χ0) is 12.7. The third-order valence-corrected chi connectivity index (χ3v) is 2.23. The summed E-state index contributed by atoms with van der Waals surface area (Å²) in [5.41, 5.74) is 0.940. The number of likely N-dealkylation sites (N-methyl/N-ethyl adjacent to an activating group) is 1. The smallest absolute Gasteiger partial charge is 0.244 e. The van der Waals surface area contributed by atoms with E-state index >= 15 is 0 Å². The summed E-state index contributed by atoms with van der Waals surface area (Å²) in [6.07, 6.45) is 3.11. The van der Waals surface area contributed by atoms with Crippen molar-refractivity contribution < 1.29 is 9.59 Å². The molecule has 1 unspecified atom stereocenters. The van der Waals surface area contributed by atoms with Gasteiger partial charge in [-0.2, -0.15) is 0 Å². The molecule has 0 spiro atoms. The van der Waals surface area contributed by atoms with Crippen LogP contribution < -0.4 is 10.6 Å². The maximum Gasteiger partial charge on any atom is 0.244 e. The maximum atomic E-state index is 11.5. The molecule has 90 valence electrons. The van der Waals surface area contributed by atoms with Crippen LogP contribution in [0.5, 0.6) is 0 Å². The first-order chi connectivity index (χ1) is 8.13. The van der Waals surface area contributed by atoms with Crippen molar-refractivity contribution in [1.29, 1.82) is 0 Å². The van der Waals surface area contributed by atoms with Gasteiger partial charge in [0, 0.05) is 13.1 Å². The van der Waals surface area contributed by atoms with Gasteiger partial charge in [0.1, 0.15) is 6.04 Å².